The van der Waals surface area contributed by atoms with Crippen molar-refractivity contribution in [2.24, 2.45) is 17.8 Å². The van der Waals surface area contributed by atoms with Crippen molar-refractivity contribution in [3.05, 3.63) is 0 Å². The number of carbonyl (C=O) groups is 1. The van der Waals surface area contributed by atoms with Gasteiger partial charge in [-0.3, -0.25) is 4.79 Å². The van der Waals surface area contributed by atoms with Crippen molar-refractivity contribution in [2.45, 2.75) is 27.7 Å². The highest BCUT2D eigenvalue weighted by molar-refractivity contribution is 5.71. The normalized spacial score (nSPS) is 11.4. The van der Waals surface area contributed by atoms with Gasteiger partial charge in [0.1, 0.15) is 0 Å². The molecule has 3 nitrogen and oxygen atoms in total. The molecule has 0 rings (SSSR count). The van der Waals surface area contributed by atoms with Crippen LogP contribution in [0.15, 0.2) is 0 Å². The smallest absolute Gasteiger partial charge is 0.319 e. The van der Waals surface area contributed by atoms with E-state index in [2.05, 4.69) is 37.7 Å². The van der Waals surface area contributed by atoms with Gasteiger partial charge in [0, 0.05) is 0 Å². The molecule has 0 unspecified atom stereocenters. The molecular weight excluding hydrogens is 178 g/mol. The number of hydrogen-bond donors (Lipinski definition) is 1. The van der Waals surface area contributed by atoms with E-state index < -0.39 is 0 Å². The molecule has 0 radical (unpaired) electrons. The highest BCUT2D eigenvalue weighted by atomic mass is 16.5. The number of rotatable bonds is 6. The van der Waals surface area contributed by atoms with E-state index in [0.717, 1.165) is 6.54 Å². The summed E-state index contributed by atoms with van der Waals surface area (Å²) in [4.78, 5) is 10.8. The summed E-state index contributed by atoms with van der Waals surface area (Å²) < 4.78 is 4.55. The number of ether oxygens (including phenoxy) is 1. The molecule has 0 saturated heterocycles. The van der Waals surface area contributed by atoms with E-state index in [0.29, 0.717) is 24.3 Å². The number of esters is 1. The van der Waals surface area contributed by atoms with Crippen molar-refractivity contribution < 1.29 is 9.53 Å². The summed E-state index contributed by atoms with van der Waals surface area (Å²) in [5.74, 6) is 1.69. The molecule has 3 heteroatoms. The maximum absolute atomic E-state index is 10.8. The third-order valence-electron chi connectivity index (χ3n) is 2.59. The summed E-state index contributed by atoms with van der Waals surface area (Å²) in [6.07, 6.45) is 0. The minimum atomic E-state index is -0.198. The lowest BCUT2D eigenvalue weighted by Gasteiger charge is -2.24. The van der Waals surface area contributed by atoms with Crippen molar-refractivity contribution in [3.8, 4) is 0 Å². The Kier molecular flexibility index (Phi) is 6.54. The van der Waals surface area contributed by atoms with Gasteiger partial charge < -0.3 is 10.1 Å². The highest BCUT2D eigenvalue weighted by Crippen LogP contribution is 2.19. The summed E-state index contributed by atoms with van der Waals surface area (Å²) in [7, 11) is 1.41. The summed E-state index contributed by atoms with van der Waals surface area (Å²) in [6.45, 7) is 10.0. The molecule has 84 valence electrons. The van der Waals surface area contributed by atoms with Crippen LogP contribution in [0.5, 0.6) is 0 Å². The van der Waals surface area contributed by atoms with Crippen LogP contribution in [0.2, 0.25) is 0 Å². The van der Waals surface area contributed by atoms with Crippen LogP contribution in [0.4, 0.5) is 0 Å². The monoisotopic (exact) mass is 201 g/mol. The van der Waals surface area contributed by atoms with Crippen LogP contribution in [0.25, 0.3) is 0 Å². The van der Waals surface area contributed by atoms with Crippen molar-refractivity contribution >= 4 is 5.97 Å². The highest BCUT2D eigenvalue weighted by Gasteiger charge is 2.17. The van der Waals surface area contributed by atoms with Gasteiger partial charge in [0.25, 0.3) is 0 Å². The second-order valence-electron chi connectivity index (χ2n) is 4.36. The predicted molar refractivity (Wildman–Crippen MR) is 58.1 cm³/mol. The van der Waals surface area contributed by atoms with E-state index in [9.17, 15) is 4.79 Å². The Morgan fingerprint density at radius 2 is 1.71 bits per heavy atom. The van der Waals surface area contributed by atoms with Crippen LogP contribution in [0, 0.1) is 17.8 Å². The predicted octanol–water partition coefficient (Wildman–Crippen LogP) is 1.68. The molecule has 0 bridgehead atoms. The minimum Gasteiger partial charge on any atom is -0.468 e. The first kappa shape index (κ1) is 13.4. The van der Waals surface area contributed by atoms with E-state index in [4.69, 9.17) is 0 Å². The Balaban J connectivity index is 3.78. The maximum atomic E-state index is 10.8. The van der Waals surface area contributed by atoms with Gasteiger partial charge in [-0.15, -0.1) is 0 Å². The largest absolute Gasteiger partial charge is 0.468 e. The fourth-order valence-corrected chi connectivity index (χ4v) is 1.65. The number of hydrogen-bond acceptors (Lipinski definition) is 3. The van der Waals surface area contributed by atoms with Crippen LogP contribution < -0.4 is 5.32 Å². The van der Waals surface area contributed by atoms with Gasteiger partial charge in [-0.05, 0) is 24.3 Å². The molecule has 0 heterocycles. The molecule has 0 spiro atoms. The lowest BCUT2D eigenvalue weighted by atomic mass is 9.85. The molecule has 0 atom stereocenters. The van der Waals surface area contributed by atoms with Gasteiger partial charge in [0.2, 0.25) is 0 Å². The Hall–Kier alpha value is -0.570. The van der Waals surface area contributed by atoms with Gasteiger partial charge in [0.15, 0.2) is 0 Å². The summed E-state index contributed by atoms with van der Waals surface area (Å²) >= 11 is 0. The van der Waals surface area contributed by atoms with Crippen LogP contribution in [0.3, 0.4) is 0 Å². The molecule has 0 aliphatic carbocycles. The molecule has 0 aliphatic heterocycles. The van der Waals surface area contributed by atoms with Crippen molar-refractivity contribution in [1.29, 1.82) is 0 Å². The first-order valence-corrected chi connectivity index (χ1v) is 5.26. The van der Waals surface area contributed by atoms with E-state index in [1.54, 1.807) is 0 Å². The van der Waals surface area contributed by atoms with E-state index >= 15 is 0 Å². The quantitative estimate of drug-likeness (QED) is 0.664. The van der Waals surface area contributed by atoms with Crippen LogP contribution in [0.1, 0.15) is 27.7 Å². The third-order valence-corrected chi connectivity index (χ3v) is 2.59. The van der Waals surface area contributed by atoms with Gasteiger partial charge in [-0.25, -0.2) is 0 Å². The first-order valence-electron chi connectivity index (χ1n) is 5.26. The summed E-state index contributed by atoms with van der Waals surface area (Å²) in [6, 6.07) is 0. The Morgan fingerprint density at radius 3 is 2.07 bits per heavy atom. The Labute approximate surface area is 87.2 Å². The van der Waals surface area contributed by atoms with Gasteiger partial charge in [0.05, 0.1) is 13.7 Å². The average Bonchev–Trinajstić information content (AvgIpc) is 2.10. The maximum Gasteiger partial charge on any atom is 0.319 e. The lowest BCUT2D eigenvalue weighted by Crippen LogP contribution is -2.33. The summed E-state index contributed by atoms with van der Waals surface area (Å²) in [5.41, 5.74) is 0. The fraction of sp³-hybridized carbons (Fsp3) is 0.909. The first-order chi connectivity index (χ1) is 6.49. The van der Waals surface area contributed by atoms with Crippen LogP contribution in [-0.4, -0.2) is 26.2 Å². The lowest BCUT2D eigenvalue weighted by molar-refractivity contribution is -0.139. The van der Waals surface area contributed by atoms with E-state index in [1.807, 2.05) is 0 Å². The van der Waals surface area contributed by atoms with Crippen molar-refractivity contribution in [1.82, 2.24) is 5.32 Å². The molecule has 0 aromatic heterocycles. The molecule has 0 aromatic carbocycles. The van der Waals surface area contributed by atoms with Gasteiger partial charge in [-0.1, -0.05) is 27.7 Å². The van der Waals surface area contributed by atoms with Gasteiger partial charge >= 0.3 is 5.97 Å². The summed E-state index contributed by atoms with van der Waals surface area (Å²) in [5, 5.41) is 3.12. The average molecular weight is 201 g/mol. The number of methoxy groups -OCH3 is 1. The molecule has 0 saturated carbocycles. The minimum absolute atomic E-state index is 0.198. The molecule has 0 amide bonds. The molecule has 14 heavy (non-hydrogen) atoms. The van der Waals surface area contributed by atoms with Gasteiger partial charge in [-0.2, -0.15) is 0 Å². The number of carbonyl (C=O) groups excluding carboxylic acids is 1. The van der Waals surface area contributed by atoms with Crippen molar-refractivity contribution in [3.63, 3.8) is 0 Å². The molecule has 0 fully saturated rings. The van der Waals surface area contributed by atoms with E-state index in [-0.39, 0.29) is 5.97 Å². The zero-order valence-electron chi connectivity index (χ0n) is 9.96. The zero-order valence-corrected chi connectivity index (χ0v) is 9.96. The topological polar surface area (TPSA) is 38.3 Å². The molecule has 0 aliphatic rings. The van der Waals surface area contributed by atoms with Crippen molar-refractivity contribution in [2.75, 3.05) is 20.2 Å². The molecule has 0 aromatic rings. The zero-order chi connectivity index (χ0) is 11.1. The third kappa shape index (κ3) is 5.22. The Bertz CT molecular complexity index is 159. The second kappa shape index (κ2) is 6.82. The molecule has 1 N–H and O–H groups in total. The Morgan fingerprint density at radius 1 is 1.21 bits per heavy atom. The standard InChI is InChI=1S/C11H23NO2/c1-8(2)10(9(3)4)6-12-7-11(13)14-5/h8-10,12H,6-7H2,1-5H3. The SMILES string of the molecule is COC(=O)CNCC(C(C)C)C(C)C. The number of nitrogens with one attached hydrogen (secondary N) is 1. The van der Waals surface area contributed by atoms with Crippen LogP contribution >= 0.6 is 0 Å². The second-order valence-corrected chi connectivity index (χ2v) is 4.36. The fourth-order valence-electron chi connectivity index (χ4n) is 1.65. The van der Waals surface area contributed by atoms with E-state index in [1.165, 1.54) is 7.11 Å². The van der Waals surface area contributed by atoms with Crippen LogP contribution in [-0.2, 0) is 9.53 Å². The molecular formula is C11H23NO2.